The van der Waals surface area contributed by atoms with Crippen LogP contribution in [0.2, 0.25) is 0 Å². The third kappa shape index (κ3) is 2.83. The van der Waals surface area contributed by atoms with Gasteiger partial charge in [-0.1, -0.05) is 24.3 Å². The zero-order valence-electron chi connectivity index (χ0n) is 9.07. The molecule has 0 heterocycles. The number of nitrogens with zero attached hydrogens (tertiary/aromatic N) is 1. The van der Waals surface area contributed by atoms with Gasteiger partial charge >= 0.3 is 0 Å². The van der Waals surface area contributed by atoms with Crippen molar-refractivity contribution in [2.45, 2.75) is 25.3 Å². The van der Waals surface area contributed by atoms with E-state index in [0.29, 0.717) is 6.54 Å². The largest absolute Gasteiger partial charge is 0.346 e. The molecule has 1 N–H and O–H groups in total. The van der Waals surface area contributed by atoms with E-state index >= 15 is 0 Å². The molecule has 82 valence electrons. The smallest absolute Gasteiger partial charge is 0.300 e. The molecule has 3 heteroatoms. The summed E-state index contributed by atoms with van der Waals surface area (Å²) in [6, 6.07) is 8.33. The fourth-order valence-electron chi connectivity index (χ4n) is 1.70. The molecule has 0 bridgehead atoms. The highest BCUT2D eigenvalue weighted by Gasteiger charge is 2.23. The van der Waals surface area contributed by atoms with Crippen LogP contribution in [0.15, 0.2) is 24.3 Å². The van der Waals surface area contributed by atoms with E-state index in [1.807, 2.05) is 12.1 Å². The molecule has 0 unspecified atom stereocenters. The van der Waals surface area contributed by atoms with Crippen LogP contribution in [0.3, 0.4) is 0 Å². The van der Waals surface area contributed by atoms with Gasteiger partial charge in [0.05, 0.1) is 0 Å². The molecule has 2 rings (SSSR count). The van der Waals surface area contributed by atoms with Gasteiger partial charge in [-0.15, -0.1) is 0 Å². The summed E-state index contributed by atoms with van der Waals surface area (Å²) in [6.07, 6.45) is 2.57. The van der Waals surface area contributed by atoms with E-state index in [4.69, 9.17) is 6.57 Å². The number of hydrogen-bond donors (Lipinski definition) is 1. The van der Waals surface area contributed by atoms with E-state index in [9.17, 15) is 4.79 Å². The average molecular weight is 214 g/mol. The van der Waals surface area contributed by atoms with Gasteiger partial charge in [0.15, 0.2) is 0 Å². The second-order valence-corrected chi connectivity index (χ2v) is 4.11. The zero-order chi connectivity index (χ0) is 11.4. The monoisotopic (exact) mass is 214 g/mol. The molecule has 1 aliphatic carbocycles. The summed E-state index contributed by atoms with van der Waals surface area (Å²) in [5.41, 5.74) is 2.49. The maximum atomic E-state index is 11.1. The molecule has 3 nitrogen and oxygen atoms in total. The minimum absolute atomic E-state index is 0.0810. The van der Waals surface area contributed by atoms with Gasteiger partial charge < -0.3 is 10.2 Å². The van der Waals surface area contributed by atoms with Crippen LogP contribution in [-0.4, -0.2) is 12.5 Å². The molecule has 1 aliphatic rings. The number of rotatable bonds is 4. The molecule has 1 saturated carbocycles. The van der Waals surface area contributed by atoms with Crippen molar-refractivity contribution in [3.63, 3.8) is 0 Å². The summed E-state index contributed by atoms with van der Waals surface area (Å²) in [7, 11) is 0. The highest BCUT2D eigenvalue weighted by molar-refractivity contribution is 5.79. The maximum Gasteiger partial charge on any atom is 0.300 e. The van der Waals surface area contributed by atoms with Crippen molar-refractivity contribution in [2.24, 2.45) is 0 Å². The Morgan fingerprint density at radius 3 is 3.00 bits per heavy atom. The first-order chi connectivity index (χ1) is 7.79. The lowest BCUT2D eigenvalue weighted by atomic mass is 10.1. The summed E-state index contributed by atoms with van der Waals surface area (Å²) in [4.78, 5) is 14.2. The van der Waals surface area contributed by atoms with Gasteiger partial charge in [-0.2, -0.15) is 0 Å². The quantitative estimate of drug-likeness (QED) is 0.765. The Kier molecular flexibility index (Phi) is 3.21. The van der Waals surface area contributed by atoms with Gasteiger partial charge in [-0.25, -0.2) is 6.57 Å². The second kappa shape index (κ2) is 4.80. The summed E-state index contributed by atoms with van der Waals surface area (Å²) in [6.45, 7) is 7.02. The van der Waals surface area contributed by atoms with Crippen LogP contribution in [0.1, 0.15) is 29.9 Å². The molecule has 1 aromatic rings. The van der Waals surface area contributed by atoms with Crippen molar-refractivity contribution in [2.75, 3.05) is 6.54 Å². The highest BCUT2D eigenvalue weighted by atomic mass is 16.1. The van der Waals surface area contributed by atoms with E-state index in [2.05, 4.69) is 22.3 Å². The van der Waals surface area contributed by atoms with Gasteiger partial charge in [0.2, 0.25) is 0 Å². The van der Waals surface area contributed by atoms with Gasteiger partial charge in [-0.05, 0) is 29.9 Å². The van der Waals surface area contributed by atoms with E-state index in [-0.39, 0.29) is 12.5 Å². The van der Waals surface area contributed by atoms with Crippen molar-refractivity contribution in [1.29, 1.82) is 0 Å². The summed E-state index contributed by atoms with van der Waals surface area (Å²) < 4.78 is 0. The third-order valence-electron chi connectivity index (χ3n) is 2.71. The first kappa shape index (κ1) is 10.7. The number of amides is 1. The average Bonchev–Trinajstić information content (AvgIpc) is 3.11. The Morgan fingerprint density at radius 2 is 2.31 bits per heavy atom. The first-order valence-electron chi connectivity index (χ1n) is 5.48. The van der Waals surface area contributed by atoms with Gasteiger partial charge in [0.1, 0.15) is 0 Å². The van der Waals surface area contributed by atoms with Crippen molar-refractivity contribution in [3.8, 4) is 0 Å². The Hall–Kier alpha value is -1.82. The summed E-state index contributed by atoms with van der Waals surface area (Å²) in [5.74, 6) is 0.533. The Morgan fingerprint density at radius 1 is 1.50 bits per heavy atom. The van der Waals surface area contributed by atoms with Crippen LogP contribution >= 0.6 is 0 Å². The van der Waals surface area contributed by atoms with Crippen molar-refractivity contribution in [3.05, 3.63) is 46.8 Å². The predicted molar refractivity (Wildman–Crippen MR) is 61.7 cm³/mol. The molecule has 0 radical (unpaired) electrons. The van der Waals surface area contributed by atoms with Crippen LogP contribution in [0.4, 0.5) is 0 Å². The second-order valence-electron chi connectivity index (χ2n) is 4.11. The summed E-state index contributed by atoms with van der Waals surface area (Å²) >= 11 is 0. The van der Waals surface area contributed by atoms with Crippen molar-refractivity contribution in [1.82, 2.24) is 5.32 Å². The molecular weight excluding hydrogens is 200 g/mol. The van der Waals surface area contributed by atoms with E-state index < -0.39 is 0 Å². The summed E-state index contributed by atoms with van der Waals surface area (Å²) in [5, 5.41) is 2.73. The molecule has 0 aliphatic heterocycles. The molecule has 0 saturated heterocycles. The topological polar surface area (TPSA) is 33.5 Å². The number of benzene rings is 1. The maximum absolute atomic E-state index is 11.1. The number of carbonyl (C=O) groups excluding carboxylic acids is 1. The minimum Gasteiger partial charge on any atom is -0.346 e. The van der Waals surface area contributed by atoms with Crippen LogP contribution in [0, 0.1) is 6.57 Å². The fourth-order valence-corrected chi connectivity index (χ4v) is 1.70. The fraction of sp³-hybridized carbons (Fsp3) is 0.385. The van der Waals surface area contributed by atoms with E-state index in [0.717, 1.165) is 11.5 Å². The zero-order valence-corrected chi connectivity index (χ0v) is 9.07. The lowest BCUT2D eigenvalue weighted by Crippen LogP contribution is -2.24. The molecule has 0 atom stereocenters. The highest BCUT2D eigenvalue weighted by Crippen LogP contribution is 2.40. The van der Waals surface area contributed by atoms with Crippen molar-refractivity contribution >= 4 is 5.91 Å². The third-order valence-corrected chi connectivity index (χ3v) is 2.71. The predicted octanol–water partition coefficient (Wildman–Crippen LogP) is 2.10. The molecule has 0 spiro atoms. The van der Waals surface area contributed by atoms with Gasteiger partial charge in [-0.3, -0.25) is 4.79 Å². The molecule has 1 fully saturated rings. The molecule has 1 aromatic carbocycles. The molecule has 0 aromatic heterocycles. The number of nitrogens with one attached hydrogen (secondary N) is 1. The minimum atomic E-state index is -0.202. The lowest BCUT2D eigenvalue weighted by molar-refractivity contribution is -0.119. The molecule has 1 amide bonds. The first-order valence-corrected chi connectivity index (χ1v) is 5.48. The Labute approximate surface area is 95.3 Å². The van der Waals surface area contributed by atoms with Gasteiger partial charge in [0, 0.05) is 6.54 Å². The standard InChI is InChI=1S/C13H14N2O/c1-14-9-13(16)15-8-10-3-2-4-12(7-10)11-5-6-11/h2-4,7,11H,5-6,8-9H2,(H,15,16). The number of hydrogen-bond acceptors (Lipinski definition) is 1. The molecule has 16 heavy (non-hydrogen) atoms. The van der Waals surface area contributed by atoms with Crippen LogP contribution in [-0.2, 0) is 11.3 Å². The van der Waals surface area contributed by atoms with Crippen molar-refractivity contribution < 1.29 is 4.79 Å². The van der Waals surface area contributed by atoms with Gasteiger partial charge in [0.25, 0.3) is 12.5 Å². The van der Waals surface area contributed by atoms with Crippen LogP contribution in [0.5, 0.6) is 0 Å². The van der Waals surface area contributed by atoms with E-state index in [1.54, 1.807) is 0 Å². The number of carbonyl (C=O) groups is 1. The van der Waals surface area contributed by atoms with E-state index in [1.165, 1.54) is 18.4 Å². The molecular formula is C13H14N2O. The van der Waals surface area contributed by atoms with Crippen LogP contribution < -0.4 is 5.32 Å². The SMILES string of the molecule is [C-]#[N+]CC(=O)NCc1cccc(C2CC2)c1. The normalized spacial score (nSPS) is 14.2. The van der Waals surface area contributed by atoms with Crippen LogP contribution in [0.25, 0.3) is 4.85 Å². The lowest BCUT2D eigenvalue weighted by Gasteiger charge is -2.04. The Balaban J connectivity index is 1.91. The Bertz CT molecular complexity index is 430.